The van der Waals surface area contributed by atoms with E-state index in [0.717, 1.165) is 0 Å². The molecule has 0 saturated heterocycles. The summed E-state index contributed by atoms with van der Waals surface area (Å²) >= 11 is 0. The molecule has 2 rings (SSSR count). The molecule has 0 atom stereocenters. The number of ketones is 1. The molecule has 84 valence electrons. The first-order valence-corrected chi connectivity index (χ1v) is 6.62. The molecule has 0 aromatic heterocycles. The fraction of sp³-hybridized carbons (Fsp3) is 0.250. The summed E-state index contributed by atoms with van der Waals surface area (Å²) in [6.07, 6.45) is 2.80. The van der Waals surface area contributed by atoms with Crippen molar-refractivity contribution in [2.24, 2.45) is 0 Å². The highest BCUT2D eigenvalue weighted by Gasteiger charge is 2.23. The Morgan fingerprint density at radius 3 is 2.31 bits per heavy atom. The van der Waals surface area contributed by atoms with Crippen molar-refractivity contribution in [3.8, 4) is 0 Å². The van der Waals surface area contributed by atoms with Gasteiger partial charge in [-0.3, -0.25) is 4.79 Å². The molecule has 1 aromatic rings. The molecule has 0 aliphatic heterocycles. The van der Waals surface area contributed by atoms with Crippen molar-refractivity contribution < 1.29 is 13.2 Å². The molecule has 1 aromatic carbocycles. The van der Waals surface area contributed by atoms with Gasteiger partial charge in [0, 0.05) is 6.42 Å². The molecule has 1 aliphatic rings. The van der Waals surface area contributed by atoms with Crippen LogP contribution in [-0.2, 0) is 14.6 Å². The number of sulfone groups is 1. The highest BCUT2D eigenvalue weighted by atomic mass is 32.2. The van der Waals surface area contributed by atoms with E-state index in [4.69, 9.17) is 0 Å². The number of allylic oxidation sites excluding steroid dienone is 2. The van der Waals surface area contributed by atoms with Gasteiger partial charge in [-0.05, 0) is 31.1 Å². The summed E-state index contributed by atoms with van der Waals surface area (Å²) in [7, 11) is -3.45. The third-order valence-electron chi connectivity index (χ3n) is 2.57. The number of hydrogen-bond acceptors (Lipinski definition) is 3. The molecular weight excluding hydrogens is 224 g/mol. The van der Waals surface area contributed by atoms with Crippen LogP contribution in [0.5, 0.6) is 0 Å². The molecule has 4 heteroatoms. The molecule has 16 heavy (non-hydrogen) atoms. The van der Waals surface area contributed by atoms with Crippen LogP contribution >= 0.6 is 0 Å². The Balaban J connectivity index is 2.44. The maximum atomic E-state index is 12.1. The van der Waals surface area contributed by atoms with Crippen molar-refractivity contribution in [2.75, 3.05) is 0 Å². The number of carbonyl (C=O) groups is 1. The van der Waals surface area contributed by atoms with E-state index in [1.54, 1.807) is 30.3 Å². The van der Waals surface area contributed by atoms with Gasteiger partial charge in [0.25, 0.3) is 0 Å². The Kier molecular flexibility index (Phi) is 2.92. The van der Waals surface area contributed by atoms with Crippen molar-refractivity contribution in [3.05, 3.63) is 41.3 Å². The lowest BCUT2D eigenvalue weighted by atomic mass is 10.1. The van der Waals surface area contributed by atoms with E-state index < -0.39 is 9.84 Å². The zero-order valence-corrected chi connectivity index (χ0v) is 9.53. The number of benzene rings is 1. The number of rotatable bonds is 2. The van der Waals surface area contributed by atoms with Gasteiger partial charge < -0.3 is 0 Å². The minimum absolute atomic E-state index is 0.0965. The van der Waals surface area contributed by atoms with Gasteiger partial charge in [-0.2, -0.15) is 0 Å². The average Bonchev–Trinajstić information content (AvgIpc) is 2.30. The Morgan fingerprint density at radius 1 is 1.00 bits per heavy atom. The second kappa shape index (κ2) is 4.22. The van der Waals surface area contributed by atoms with Crippen molar-refractivity contribution in [1.82, 2.24) is 0 Å². The number of carbonyl (C=O) groups excluding carboxylic acids is 1. The van der Waals surface area contributed by atoms with Crippen LogP contribution in [0.1, 0.15) is 19.3 Å². The SMILES string of the molecule is O=C1C=C(S(=O)(=O)c2ccccc2)CCC1. The predicted molar refractivity (Wildman–Crippen MR) is 60.6 cm³/mol. The van der Waals surface area contributed by atoms with Crippen LogP contribution < -0.4 is 0 Å². The molecule has 0 radical (unpaired) electrons. The van der Waals surface area contributed by atoms with Crippen molar-refractivity contribution in [1.29, 1.82) is 0 Å². The second-order valence-electron chi connectivity index (χ2n) is 3.75. The zero-order chi connectivity index (χ0) is 11.6. The minimum atomic E-state index is -3.45. The maximum absolute atomic E-state index is 12.1. The van der Waals surface area contributed by atoms with Crippen LogP contribution in [0.25, 0.3) is 0 Å². The van der Waals surface area contributed by atoms with Crippen LogP contribution in [0.15, 0.2) is 46.2 Å². The van der Waals surface area contributed by atoms with Gasteiger partial charge in [0.05, 0.1) is 9.80 Å². The van der Waals surface area contributed by atoms with Gasteiger partial charge in [-0.1, -0.05) is 18.2 Å². The third-order valence-corrected chi connectivity index (χ3v) is 4.47. The Bertz CT molecular complexity index is 527. The van der Waals surface area contributed by atoms with Crippen LogP contribution in [0, 0.1) is 0 Å². The molecule has 0 N–H and O–H groups in total. The Labute approximate surface area is 94.7 Å². The molecule has 0 amide bonds. The van der Waals surface area contributed by atoms with Crippen molar-refractivity contribution in [3.63, 3.8) is 0 Å². The third kappa shape index (κ3) is 2.07. The van der Waals surface area contributed by atoms with Crippen LogP contribution in [0.4, 0.5) is 0 Å². The van der Waals surface area contributed by atoms with E-state index in [1.165, 1.54) is 6.08 Å². The average molecular weight is 236 g/mol. The lowest BCUT2D eigenvalue weighted by Crippen LogP contribution is -2.11. The Hall–Kier alpha value is -1.42. The van der Waals surface area contributed by atoms with E-state index in [2.05, 4.69) is 0 Å². The van der Waals surface area contributed by atoms with Gasteiger partial charge in [-0.25, -0.2) is 8.42 Å². The van der Waals surface area contributed by atoms with Crippen molar-refractivity contribution in [2.45, 2.75) is 24.2 Å². The zero-order valence-electron chi connectivity index (χ0n) is 8.72. The fourth-order valence-electron chi connectivity index (χ4n) is 1.72. The monoisotopic (exact) mass is 236 g/mol. The molecule has 0 heterocycles. The summed E-state index contributed by atoms with van der Waals surface area (Å²) < 4.78 is 24.2. The normalized spacial score (nSPS) is 17.0. The molecule has 3 nitrogen and oxygen atoms in total. The van der Waals surface area contributed by atoms with Crippen LogP contribution in [0.2, 0.25) is 0 Å². The predicted octanol–water partition coefficient (Wildman–Crippen LogP) is 2.10. The quantitative estimate of drug-likeness (QED) is 0.790. The number of hydrogen-bond donors (Lipinski definition) is 0. The summed E-state index contributed by atoms with van der Waals surface area (Å²) in [4.78, 5) is 11.7. The summed E-state index contributed by atoms with van der Waals surface area (Å²) in [6.45, 7) is 0. The first kappa shape index (κ1) is 11.1. The van der Waals surface area contributed by atoms with Gasteiger partial charge >= 0.3 is 0 Å². The summed E-state index contributed by atoms with van der Waals surface area (Å²) in [5, 5.41) is 0. The molecule has 0 bridgehead atoms. The molecule has 0 fully saturated rings. The van der Waals surface area contributed by atoms with Crippen molar-refractivity contribution >= 4 is 15.6 Å². The van der Waals surface area contributed by atoms with Gasteiger partial charge in [-0.15, -0.1) is 0 Å². The lowest BCUT2D eigenvalue weighted by Gasteiger charge is -2.12. The summed E-state index contributed by atoms with van der Waals surface area (Å²) in [5.41, 5.74) is 0. The fourth-order valence-corrected chi connectivity index (χ4v) is 3.24. The molecule has 0 saturated carbocycles. The summed E-state index contributed by atoms with van der Waals surface area (Å²) in [5.74, 6) is -0.0965. The minimum Gasteiger partial charge on any atom is -0.295 e. The van der Waals surface area contributed by atoms with E-state index in [1.807, 2.05) is 0 Å². The van der Waals surface area contributed by atoms with Crippen LogP contribution in [0.3, 0.4) is 0 Å². The maximum Gasteiger partial charge on any atom is 0.202 e. The molecule has 0 spiro atoms. The van der Waals surface area contributed by atoms with Crippen LogP contribution in [-0.4, -0.2) is 14.2 Å². The molecule has 1 aliphatic carbocycles. The molecule has 0 unspecified atom stereocenters. The highest BCUT2D eigenvalue weighted by Crippen LogP contribution is 2.26. The highest BCUT2D eigenvalue weighted by molar-refractivity contribution is 7.95. The second-order valence-corrected chi connectivity index (χ2v) is 5.75. The van der Waals surface area contributed by atoms with E-state index in [-0.39, 0.29) is 15.6 Å². The first-order chi connectivity index (χ1) is 7.60. The van der Waals surface area contributed by atoms with E-state index >= 15 is 0 Å². The Morgan fingerprint density at radius 2 is 1.69 bits per heavy atom. The standard InChI is InChI=1S/C12H12O3S/c13-10-5-4-8-12(9-10)16(14,15)11-6-2-1-3-7-11/h1-3,6-7,9H,4-5,8H2. The van der Waals surface area contributed by atoms with E-state index in [0.29, 0.717) is 19.3 Å². The smallest absolute Gasteiger partial charge is 0.202 e. The lowest BCUT2D eigenvalue weighted by molar-refractivity contribution is -0.115. The van der Waals surface area contributed by atoms with Gasteiger partial charge in [0.15, 0.2) is 5.78 Å². The van der Waals surface area contributed by atoms with E-state index in [9.17, 15) is 13.2 Å². The largest absolute Gasteiger partial charge is 0.295 e. The topological polar surface area (TPSA) is 51.2 Å². The summed E-state index contributed by atoms with van der Waals surface area (Å²) in [6, 6.07) is 8.22. The van der Waals surface area contributed by atoms with Gasteiger partial charge in [0.2, 0.25) is 9.84 Å². The first-order valence-electron chi connectivity index (χ1n) is 5.14. The molecular formula is C12H12O3S. The van der Waals surface area contributed by atoms with Gasteiger partial charge in [0.1, 0.15) is 0 Å².